The van der Waals surface area contributed by atoms with E-state index in [4.69, 9.17) is 0 Å². The number of nitrogens with zero attached hydrogens (tertiary/aromatic N) is 2. The fourth-order valence-corrected chi connectivity index (χ4v) is 1.87. The van der Waals surface area contributed by atoms with Crippen LogP contribution in [0.4, 0.5) is 13.2 Å². The molecule has 0 aromatic carbocycles. The third-order valence-electron chi connectivity index (χ3n) is 2.59. The molecule has 1 rings (SSSR count). The number of rotatable bonds is 5. The van der Waals surface area contributed by atoms with Crippen LogP contribution in [0.15, 0.2) is 18.7 Å². The van der Waals surface area contributed by atoms with Crippen molar-refractivity contribution in [3.63, 3.8) is 0 Å². The van der Waals surface area contributed by atoms with E-state index < -0.39 is 18.4 Å². The molecule has 0 saturated carbocycles. The van der Waals surface area contributed by atoms with Crippen molar-refractivity contribution in [2.75, 3.05) is 0 Å². The molecule has 0 fully saturated rings. The van der Waals surface area contributed by atoms with E-state index in [-0.39, 0.29) is 5.92 Å². The van der Waals surface area contributed by atoms with Gasteiger partial charge in [-0.3, -0.25) is 0 Å². The number of carbonyl (C=O) groups excluding carboxylic acids is 1. The Labute approximate surface area is 103 Å². The van der Waals surface area contributed by atoms with Crippen LogP contribution in [-0.4, -0.2) is 21.9 Å². The summed E-state index contributed by atoms with van der Waals surface area (Å²) in [5, 5.41) is 0. The van der Waals surface area contributed by atoms with Gasteiger partial charge < -0.3 is 9.30 Å². The van der Waals surface area contributed by atoms with Crippen LogP contribution in [-0.2, 0) is 9.53 Å². The number of alkyl halides is 3. The van der Waals surface area contributed by atoms with E-state index in [1.165, 1.54) is 23.3 Å². The topological polar surface area (TPSA) is 44.1 Å². The zero-order valence-electron chi connectivity index (χ0n) is 10.1. The maximum atomic E-state index is 12.1. The lowest BCUT2D eigenvalue weighted by molar-refractivity contribution is -0.308. The zero-order valence-corrected chi connectivity index (χ0v) is 10.1. The molecule has 0 spiro atoms. The van der Waals surface area contributed by atoms with Crippen LogP contribution in [0.2, 0.25) is 0 Å². The molecule has 1 aromatic rings. The summed E-state index contributed by atoms with van der Waals surface area (Å²) >= 11 is 0. The van der Waals surface area contributed by atoms with Crippen molar-refractivity contribution < 1.29 is 22.7 Å². The first kappa shape index (κ1) is 14.5. The molecular formula is C11H15F3N2O2. The SMILES string of the molecule is CCCC(C)C(C(=O)OC(F)(F)F)n1ccnc1. The van der Waals surface area contributed by atoms with Gasteiger partial charge in [0.15, 0.2) is 0 Å². The number of aromatic nitrogens is 2. The van der Waals surface area contributed by atoms with E-state index in [9.17, 15) is 18.0 Å². The van der Waals surface area contributed by atoms with Crippen molar-refractivity contribution in [1.82, 2.24) is 9.55 Å². The number of halogens is 3. The number of ether oxygens (including phenoxy) is 1. The third-order valence-corrected chi connectivity index (χ3v) is 2.59. The maximum Gasteiger partial charge on any atom is 0.575 e. The zero-order chi connectivity index (χ0) is 13.8. The van der Waals surface area contributed by atoms with E-state index in [1.807, 2.05) is 6.92 Å². The molecule has 1 aromatic heterocycles. The van der Waals surface area contributed by atoms with E-state index in [0.717, 1.165) is 6.42 Å². The Hall–Kier alpha value is -1.53. The van der Waals surface area contributed by atoms with Gasteiger partial charge in [-0.05, 0) is 12.3 Å². The van der Waals surface area contributed by atoms with Gasteiger partial charge in [0.25, 0.3) is 0 Å². The molecule has 0 aliphatic rings. The Morgan fingerprint density at radius 2 is 2.17 bits per heavy atom. The molecule has 102 valence electrons. The van der Waals surface area contributed by atoms with Gasteiger partial charge in [0.1, 0.15) is 6.04 Å². The summed E-state index contributed by atoms with van der Waals surface area (Å²) in [5.41, 5.74) is 0. The summed E-state index contributed by atoms with van der Waals surface area (Å²) in [5.74, 6) is -1.57. The molecular weight excluding hydrogens is 249 g/mol. The van der Waals surface area contributed by atoms with E-state index in [2.05, 4.69) is 9.72 Å². The average molecular weight is 264 g/mol. The van der Waals surface area contributed by atoms with Gasteiger partial charge in [0, 0.05) is 12.4 Å². The van der Waals surface area contributed by atoms with Gasteiger partial charge in [-0.1, -0.05) is 20.3 Å². The largest absolute Gasteiger partial charge is 0.575 e. The first-order valence-corrected chi connectivity index (χ1v) is 5.62. The summed E-state index contributed by atoms with van der Waals surface area (Å²) in [7, 11) is 0. The van der Waals surface area contributed by atoms with Crippen molar-refractivity contribution in [1.29, 1.82) is 0 Å². The first-order valence-electron chi connectivity index (χ1n) is 5.62. The Balaban J connectivity index is 2.88. The second kappa shape index (κ2) is 5.88. The molecule has 7 heteroatoms. The lowest BCUT2D eigenvalue weighted by Crippen LogP contribution is -2.31. The smallest absolute Gasteiger partial charge is 0.371 e. The second-order valence-corrected chi connectivity index (χ2v) is 4.09. The molecule has 0 radical (unpaired) electrons. The highest BCUT2D eigenvalue weighted by Gasteiger charge is 2.39. The van der Waals surface area contributed by atoms with Crippen LogP contribution in [0.5, 0.6) is 0 Å². The summed E-state index contributed by atoms with van der Waals surface area (Å²) in [4.78, 5) is 15.3. The summed E-state index contributed by atoms with van der Waals surface area (Å²) < 4.78 is 41.1. The first-order chi connectivity index (χ1) is 8.35. The van der Waals surface area contributed by atoms with Crippen LogP contribution < -0.4 is 0 Å². The second-order valence-electron chi connectivity index (χ2n) is 4.09. The van der Waals surface area contributed by atoms with Crippen molar-refractivity contribution in [2.24, 2.45) is 5.92 Å². The summed E-state index contributed by atoms with van der Waals surface area (Å²) in [6, 6.07) is -1.01. The number of carbonyl (C=O) groups is 1. The maximum absolute atomic E-state index is 12.1. The number of imidazole rings is 1. The molecule has 0 amide bonds. The molecule has 0 aliphatic heterocycles. The van der Waals surface area contributed by atoms with Gasteiger partial charge >= 0.3 is 12.3 Å². The van der Waals surface area contributed by atoms with Gasteiger partial charge in [-0.2, -0.15) is 0 Å². The van der Waals surface area contributed by atoms with Gasteiger partial charge in [0.2, 0.25) is 0 Å². The fraction of sp³-hybridized carbons (Fsp3) is 0.636. The minimum Gasteiger partial charge on any atom is -0.371 e. The lowest BCUT2D eigenvalue weighted by Gasteiger charge is -2.23. The summed E-state index contributed by atoms with van der Waals surface area (Å²) in [6.07, 6.45) is 0.610. The van der Waals surface area contributed by atoms with Gasteiger partial charge in [0.05, 0.1) is 6.33 Å². The molecule has 0 N–H and O–H groups in total. The predicted octanol–water partition coefficient (Wildman–Crippen LogP) is 2.92. The lowest BCUT2D eigenvalue weighted by atomic mass is 9.97. The van der Waals surface area contributed by atoms with Crippen LogP contribution in [0.3, 0.4) is 0 Å². The highest BCUT2D eigenvalue weighted by Crippen LogP contribution is 2.27. The monoisotopic (exact) mass is 264 g/mol. The molecule has 1 heterocycles. The molecule has 4 nitrogen and oxygen atoms in total. The Morgan fingerprint density at radius 3 is 2.61 bits per heavy atom. The van der Waals surface area contributed by atoms with E-state index >= 15 is 0 Å². The standard InChI is InChI=1S/C11H15F3N2O2/c1-3-4-8(2)9(16-6-5-15-7-16)10(17)18-11(12,13)14/h5-9H,3-4H2,1-2H3. The Kier molecular flexibility index (Phi) is 4.75. The average Bonchev–Trinajstić information content (AvgIpc) is 2.68. The third kappa shape index (κ3) is 4.05. The highest BCUT2D eigenvalue weighted by molar-refractivity contribution is 5.74. The highest BCUT2D eigenvalue weighted by atomic mass is 19.4. The quantitative estimate of drug-likeness (QED) is 0.768. The fourth-order valence-electron chi connectivity index (χ4n) is 1.87. The normalized spacial score (nSPS) is 15.2. The number of hydrogen-bond acceptors (Lipinski definition) is 3. The minimum absolute atomic E-state index is 0.265. The molecule has 0 aliphatic carbocycles. The van der Waals surface area contributed by atoms with Gasteiger partial charge in [-0.25, -0.2) is 9.78 Å². The number of esters is 1. The van der Waals surface area contributed by atoms with Crippen LogP contribution in [0, 0.1) is 5.92 Å². The van der Waals surface area contributed by atoms with Crippen LogP contribution in [0.25, 0.3) is 0 Å². The van der Waals surface area contributed by atoms with Crippen molar-refractivity contribution in [3.05, 3.63) is 18.7 Å². The van der Waals surface area contributed by atoms with E-state index in [1.54, 1.807) is 6.92 Å². The van der Waals surface area contributed by atoms with Crippen LogP contribution in [0.1, 0.15) is 32.7 Å². The summed E-state index contributed by atoms with van der Waals surface area (Å²) in [6.45, 7) is 3.61. The van der Waals surface area contributed by atoms with Gasteiger partial charge in [-0.15, -0.1) is 13.2 Å². The Morgan fingerprint density at radius 1 is 1.50 bits per heavy atom. The predicted molar refractivity (Wildman–Crippen MR) is 57.5 cm³/mol. The molecule has 2 unspecified atom stereocenters. The van der Waals surface area contributed by atoms with Crippen LogP contribution >= 0.6 is 0 Å². The molecule has 2 atom stereocenters. The number of hydrogen-bond donors (Lipinski definition) is 0. The van der Waals surface area contributed by atoms with Crippen molar-refractivity contribution in [2.45, 2.75) is 39.1 Å². The Bertz CT molecular complexity index is 376. The molecule has 0 saturated heterocycles. The van der Waals surface area contributed by atoms with Crippen molar-refractivity contribution in [3.8, 4) is 0 Å². The minimum atomic E-state index is -4.96. The molecule has 0 bridgehead atoms. The van der Waals surface area contributed by atoms with E-state index in [0.29, 0.717) is 6.42 Å². The van der Waals surface area contributed by atoms with Crippen molar-refractivity contribution >= 4 is 5.97 Å². The molecule has 18 heavy (non-hydrogen) atoms.